The van der Waals surface area contributed by atoms with Crippen molar-refractivity contribution in [3.05, 3.63) is 0 Å². The van der Waals surface area contributed by atoms with E-state index >= 15 is 0 Å². The lowest BCUT2D eigenvalue weighted by Crippen LogP contribution is -2.67. The first-order valence-electron chi connectivity index (χ1n) is 13.5. The number of methoxy groups -OCH3 is 1. The molecule has 0 unspecified atom stereocenters. The predicted molar refractivity (Wildman–Crippen MR) is 154 cm³/mol. The molecule has 1 fully saturated rings. The third kappa shape index (κ3) is 7.60. The molecule has 0 aromatic heterocycles. The molecule has 0 spiro atoms. The van der Waals surface area contributed by atoms with E-state index in [9.17, 15) is 19.8 Å². The van der Waals surface area contributed by atoms with E-state index in [0.29, 0.717) is 0 Å². The van der Waals surface area contributed by atoms with Crippen LogP contribution in [0.3, 0.4) is 0 Å². The minimum atomic E-state index is -2.52. The van der Waals surface area contributed by atoms with Gasteiger partial charge in [0.2, 0.25) is 0 Å². The van der Waals surface area contributed by atoms with Gasteiger partial charge in [-0.25, -0.2) is 4.79 Å². The summed E-state index contributed by atoms with van der Waals surface area (Å²) in [6, 6.07) is 0. The zero-order valence-corrected chi connectivity index (χ0v) is 28.3. The number of esters is 1. The number of aliphatic hydroxyl groups is 2. The van der Waals surface area contributed by atoms with Gasteiger partial charge in [0.05, 0.1) is 25.7 Å². The van der Waals surface area contributed by atoms with Crippen LogP contribution in [0, 0.1) is 17.8 Å². The van der Waals surface area contributed by atoms with Crippen molar-refractivity contribution < 1.29 is 38.1 Å². The standard InChI is InChI=1S/C27H55NO8Si2/c1-24(2,3)35-23(32)28-27(17-34-37(11,12)25(4,5)6)20(22(31)33-10)18(15-29)19(16-30)21(27)36-38(13,14)26(7,8)9/h18-21,29-30H,15-17H2,1-14H3,(H,28,32)/t18-,19-,20-,21+,27+/m1/s1. The van der Waals surface area contributed by atoms with E-state index in [0.717, 1.165) is 0 Å². The van der Waals surface area contributed by atoms with Crippen LogP contribution in [0.4, 0.5) is 4.79 Å². The van der Waals surface area contributed by atoms with Crippen LogP contribution in [0.15, 0.2) is 0 Å². The number of hydrogen-bond donors (Lipinski definition) is 3. The molecule has 3 N–H and O–H groups in total. The van der Waals surface area contributed by atoms with Crippen LogP contribution in [-0.4, -0.2) is 83.1 Å². The highest BCUT2D eigenvalue weighted by atomic mass is 28.4. The van der Waals surface area contributed by atoms with E-state index in [1.807, 2.05) is 0 Å². The van der Waals surface area contributed by atoms with Gasteiger partial charge in [-0.3, -0.25) is 4.79 Å². The van der Waals surface area contributed by atoms with Crippen LogP contribution in [0.1, 0.15) is 62.3 Å². The molecular formula is C27H55NO8Si2. The minimum Gasteiger partial charge on any atom is -0.469 e. The zero-order chi connectivity index (χ0) is 30.1. The Morgan fingerprint density at radius 2 is 1.32 bits per heavy atom. The second-order valence-corrected chi connectivity index (χ2v) is 24.3. The molecule has 224 valence electrons. The maximum absolute atomic E-state index is 13.5. The number of nitrogens with one attached hydrogen (secondary N) is 1. The monoisotopic (exact) mass is 577 g/mol. The van der Waals surface area contributed by atoms with Crippen LogP contribution >= 0.6 is 0 Å². The fourth-order valence-corrected chi connectivity index (χ4v) is 6.86. The molecule has 1 amide bonds. The molecule has 38 heavy (non-hydrogen) atoms. The Balaban J connectivity index is 3.94. The quantitative estimate of drug-likeness (QED) is 0.267. The van der Waals surface area contributed by atoms with E-state index in [1.165, 1.54) is 7.11 Å². The highest BCUT2D eigenvalue weighted by Crippen LogP contribution is 2.51. The summed E-state index contributed by atoms with van der Waals surface area (Å²) < 4.78 is 24.5. The number of aliphatic hydroxyl groups excluding tert-OH is 2. The lowest BCUT2D eigenvalue weighted by molar-refractivity contribution is -0.151. The molecule has 1 rings (SSSR count). The summed E-state index contributed by atoms with van der Waals surface area (Å²) in [7, 11) is -3.64. The van der Waals surface area contributed by atoms with Gasteiger partial charge in [0.25, 0.3) is 0 Å². The van der Waals surface area contributed by atoms with Crippen molar-refractivity contribution in [3.63, 3.8) is 0 Å². The summed E-state index contributed by atoms with van der Waals surface area (Å²) in [5.41, 5.74) is -2.26. The lowest BCUT2D eigenvalue weighted by Gasteiger charge is -2.48. The summed E-state index contributed by atoms with van der Waals surface area (Å²) in [6.07, 6.45) is -1.57. The number of hydrogen-bond acceptors (Lipinski definition) is 8. The SMILES string of the molecule is COC(=O)[C@H]1[C@H](CO)[C@@H](CO)[C@H](O[Si](C)(C)C(C)(C)C)[C@@]1(CO[Si](C)(C)C(C)(C)C)NC(=O)OC(C)(C)C. The van der Waals surface area contributed by atoms with Crippen molar-refractivity contribution in [2.75, 3.05) is 26.9 Å². The van der Waals surface area contributed by atoms with Gasteiger partial charge in [-0.2, -0.15) is 0 Å². The first-order chi connectivity index (χ1) is 16.9. The lowest BCUT2D eigenvalue weighted by atomic mass is 9.82. The molecule has 0 saturated heterocycles. The van der Waals surface area contributed by atoms with Gasteiger partial charge in [-0.15, -0.1) is 0 Å². The second-order valence-electron chi connectivity index (χ2n) is 14.7. The van der Waals surface area contributed by atoms with Crippen LogP contribution in [0.25, 0.3) is 0 Å². The number of amides is 1. The largest absolute Gasteiger partial charge is 0.469 e. The smallest absolute Gasteiger partial charge is 0.408 e. The van der Waals surface area contributed by atoms with Crippen LogP contribution in [0.2, 0.25) is 36.3 Å². The molecule has 5 atom stereocenters. The molecule has 1 aliphatic rings. The summed E-state index contributed by atoms with van der Waals surface area (Å²) >= 11 is 0. The molecule has 0 aliphatic heterocycles. The first kappa shape index (κ1) is 35.0. The Labute approximate surface area is 232 Å². The van der Waals surface area contributed by atoms with Gasteiger partial charge in [-0.05, 0) is 57.0 Å². The van der Waals surface area contributed by atoms with Gasteiger partial charge in [0.15, 0.2) is 16.6 Å². The Morgan fingerprint density at radius 3 is 1.68 bits per heavy atom. The van der Waals surface area contributed by atoms with Crippen molar-refractivity contribution >= 4 is 28.7 Å². The summed E-state index contributed by atoms with van der Waals surface area (Å²) in [5.74, 6) is -3.04. The number of alkyl carbamates (subject to hydrolysis) is 1. The molecule has 0 heterocycles. The number of ether oxygens (including phenoxy) is 2. The maximum atomic E-state index is 13.5. The molecular weight excluding hydrogens is 522 g/mol. The van der Waals surface area contributed by atoms with Crippen molar-refractivity contribution in [2.24, 2.45) is 17.8 Å². The maximum Gasteiger partial charge on any atom is 0.408 e. The van der Waals surface area contributed by atoms with Crippen LogP contribution in [0.5, 0.6) is 0 Å². The summed E-state index contributed by atoms with van der Waals surface area (Å²) in [6.45, 7) is 25.4. The Kier molecular flexibility index (Phi) is 10.9. The van der Waals surface area contributed by atoms with Gasteiger partial charge >= 0.3 is 12.1 Å². The Bertz CT molecular complexity index is 828. The average Bonchev–Trinajstić information content (AvgIpc) is 2.96. The normalized spacial score (nSPS) is 27.3. The molecule has 0 bridgehead atoms. The molecule has 0 aromatic rings. The molecule has 1 saturated carbocycles. The van der Waals surface area contributed by atoms with E-state index in [4.69, 9.17) is 18.3 Å². The number of carbonyl (C=O) groups is 2. The topological polar surface area (TPSA) is 124 Å². The van der Waals surface area contributed by atoms with Gasteiger partial charge < -0.3 is 33.9 Å². The van der Waals surface area contributed by atoms with Crippen LogP contribution < -0.4 is 5.32 Å². The van der Waals surface area contributed by atoms with Crippen molar-refractivity contribution in [3.8, 4) is 0 Å². The second kappa shape index (κ2) is 11.9. The van der Waals surface area contributed by atoms with Crippen molar-refractivity contribution in [1.29, 1.82) is 0 Å². The minimum absolute atomic E-state index is 0.0607. The van der Waals surface area contributed by atoms with E-state index < -0.39 is 70.3 Å². The van der Waals surface area contributed by atoms with Crippen LogP contribution in [-0.2, 0) is 23.1 Å². The molecule has 1 aliphatic carbocycles. The highest BCUT2D eigenvalue weighted by molar-refractivity contribution is 6.74. The van der Waals surface area contributed by atoms with E-state index in [1.54, 1.807) is 20.8 Å². The van der Waals surface area contributed by atoms with Gasteiger partial charge in [0.1, 0.15) is 11.1 Å². The average molecular weight is 578 g/mol. The molecule has 0 radical (unpaired) electrons. The number of rotatable bonds is 9. The number of carbonyl (C=O) groups excluding carboxylic acids is 2. The fraction of sp³-hybridized carbons (Fsp3) is 0.926. The van der Waals surface area contributed by atoms with E-state index in [2.05, 4.69) is 73.0 Å². The molecule has 9 nitrogen and oxygen atoms in total. The summed E-state index contributed by atoms with van der Waals surface area (Å²) in [4.78, 5) is 26.9. The van der Waals surface area contributed by atoms with Crippen molar-refractivity contribution in [2.45, 2.75) is 116 Å². The third-order valence-electron chi connectivity index (χ3n) is 8.75. The van der Waals surface area contributed by atoms with Gasteiger partial charge in [-0.1, -0.05) is 41.5 Å². The zero-order valence-electron chi connectivity index (χ0n) is 26.3. The Morgan fingerprint density at radius 1 is 0.842 bits per heavy atom. The highest BCUT2D eigenvalue weighted by Gasteiger charge is 2.66. The first-order valence-corrected chi connectivity index (χ1v) is 19.3. The summed E-state index contributed by atoms with van der Waals surface area (Å²) in [5, 5.41) is 23.8. The molecule has 0 aromatic carbocycles. The third-order valence-corrected chi connectivity index (χ3v) is 17.7. The van der Waals surface area contributed by atoms with Crippen molar-refractivity contribution in [1.82, 2.24) is 5.32 Å². The predicted octanol–water partition coefficient (Wildman–Crippen LogP) is 4.68. The fourth-order valence-electron chi connectivity index (χ4n) is 4.45. The van der Waals surface area contributed by atoms with E-state index in [-0.39, 0.29) is 23.3 Å². The van der Waals surface area contributed by atoms with Gasteiger partial charge in [0, 0.05) is 25.0 Å². The Hall–Kier alpha value is -0.986. The molecule has 11 heteroatoms.